The Morgan fingerprint density at radius 1 is 1.17 bits per heavy atom. The number of rotatable bonds is 12. The van der Waals surface area contributed by atoms with Gasteiger partial charge in [-0.15, -0.1) is 0 Å². The van der Waals surface area contributed by atoms with Crippen molar-refractivity contribution in [2.24, 2.45) is 0 Å². The highest BCUT2D eigenvalue weighted by atomic mass is 28.4. The summed E-state index contributed by atoms with van der Waals surface area (Å²) < 4.78 is 11.0. The Bertz CT molecular complexity index is 450. The van der Waals surface area contributed by atoms with Crippen LogP contribution in [0.3, 0.4) is 0 Å². The first-order chi connectivity index (χ1) is 11.0. The van der Waals surface area contributed by atoms with Crippen LogP contribution in [0.1, 0.15) is 18.9 Å². The molecule has 0 amide bonds. The molecule has 0 radical (unpaired) electrons. The van der Waals surface area contributed by atoms with E-state index in [9.17, 15) is 0 Å². The molecule has 0 spiro atoms. The second-order valence-electron chi connectivity index (χ2n) is 6.04. The summed E-state index contributed by atoms with van der Waals surface area (Å²) in [7, 11) is 1.58. The third kappa shape index (κ3) is 7.79. The van der Waals surface area contributed by atoms with Gasteiger partial charge in [-0.05, 0) is 38.0 Å². The van der Waals surface area contributed by atoms with Gasteiger partial charge in [0.1, 0.15) is 0 Å². The lowest BCUT2D eigenvalue weighted by atomic mass is 10.2. The normalized spacial score (nSPS) is 11.5. The number of benzene rings is 1. The van der Waals surface area contributed by atoms with E-state index >= 15 is 0 Å². The maximum absolute atomic E-state index is 5.50. The predicted molar refractivity (Wildman–Crippen MR) is 99.6 cm³/mol. The molecule has 0 atom stereocenters. The number of allylic oxidation sites excluding steroid dienone is 1. The fourth-order valence-corrected chi connectivity index (χ4v) is 3.76. The number of hydrogen-bond donors (Lipinski definition) is 1. The van der Waals surface area contributed by atoms with Crippen LogP contribution in [0.15, 0.2) is 42.6 Å². The van der Waals surface area contributed by atoms with Crippen LogP contribution in [-0.4, -0.2) is 47.3 Å². The van der Waals surface area contributed by atoms with Crippen LogP contribution in [-0.2, 0) is 15.4 Å². The summed E-state index contributed by atoms with van der Waals surface area (Å²) in [5, 5.41) is 3.51. The topological polar surface area (TPSA) is 33.7 Å². The molecule has 0 aliphatic heterocycles. The lowest BCUT2D eigenvalue weighted by Crippen LogP contribution is -2.37. The molecule has 1 rings (SSSR count). The molecule has 4 nitrogen and oxygen atoms in total. The van der Waals surface area contributed by atoms with Gasteiger partial charge in [-0.1, -0.05) is 36.9 Å². The smallest absolute Gasteiger partial charge is 0.334 e. The average Bonchev–Trinajstić information content (AvgIpc) is 2.57. The van der Waals surface area contributed by atoms with Gasteiger partial charge in [0.15, 0.2) is 0 Å². The van der Waals surface area contributed by atoms with Crippen molar-refractivity contribution in [1.82, 2.24) is 10.2 Å². The van der Waals surface area contributed by atoms with E-state index in [4.69, 9.17) is 8.85 Å². The van der Waals surface area contributed by atoms with E-state index in [2.05, 4.69) is 54.5 Å². The quantitative estimate of drug-likeness (QED) is 0.469. The minimum atomic E-state index is -1.91. The molecule has 23 heavy (non-hydrogen) atoms. The molecule has 130 valence electrons. The van der Waals surface area contributed by atoms with E-state index in [-0.39, 0.29) is 0 Å². The standard InChI is InChI=1S/C18H32N2O2Si/c1-17(2)20(16-18-10-7-6-8-11-18)14-13-19-12-9-15-23(5,21-3)22-4/h6-8,10-11,19H,1,9,12-16H2,2-5H3. The average molecular weight is 337 g/mol. The maximum atomic E-state index is 5.50. The molecule has 0 saturated carbocycles. The van der Waals surface area contributed by atoms with Crippen molar-refractivity contribution in [2.45, 2.75) is 32.5 Å². The first-order valence-corrected chi connectivity index (χ1v) is 10.8. The van der Waals surface area contributed by atoms with E-state index < -0.39 is 8.56 Å². The molecule has 0 aromatic heterocycles. The Hall–Kier alpha value is -1.14. The lowest BCUT2D eigenvalue weighted by molar-refractivity contribution is 0.248. The van der Waals surface area contributed by atoms with Crippen LogP contribution < -0.4 is 5.32 Å². The lowest BCUT2D eigenvalue weighted by Gasteiger charge is -2.25. The Kier molecular flexibility index (Phi) is 9.17. The van der Waals surface area contributed by atoms with Crippen molar-refractivity contribution in [3.05, 3.63) is 48.2 Å². The van der Waals surface area contributed by atoms with Gasteiger partial charge in [0.05, 0.1) is 0 Å². The van der Waals surface area contributed by atoms with Gasteiger partial charge in [0, 0.05) is 39.6 Å². The molecule has 1 N–H and O–H groups in total. The summed E-state index contributed by atoms with van der Waals surface area (Å²) in [6.07, 6.45) is 1.08. The zero-order valence-electron chi connectivity index (χ0n) is 15.1. The van der Waals surface area contributed by atoms with E-state index in [0.717, 1.165) is 44.3 Å². The molecule has 0 saturated heterocycles. The van der Waals surface area contributed by atoms with Gasteiger partial charge in [-0.2, -0.15) is 0 Å². The number of hydrogen-bond acceptors (Lipinski definition) is 4. The minimum absolute atomic E-state index is 0.913. The molecule has 0 fully saturated rings. The monoisotopic (exact) mass is 336 g/mol. The van der Waals surface area contributed by atoms with Crippen LogP contribution in [0.25, 0.3) is 0 Å². The Labute approximate surface area is 142 Å². The van der Waals surface area contributed by atoms with Crippen LogP contribution in [0, 0.1) is 0 Å². The SMILES string of the molecule is C=C(C)N(CCNCCC[Si](C)(OC)OC)Cc1ccccc1. The van der Waals surface area contributed by atoms with Crippen LogP contribution in [0.5, 0.6) is 0 Å². The first-order valence-electron chi connectivity index (χ1n) is 8.26. The van der Waals surface area contributed by atoms with Gasteiger partial charge < -0.3 is 19.1 Å². The van der Waals surface area contributed by atoms with Gasteiger partial charge in [-0.25, -0.2) is 0 Å². The zero-order valence-corrected chi connectivity index (χ0v) is 16.1. The second kappa shape index (κ2) is 10.6. The largest absolute Gasteiger partial charge is 0.398 e. The maximum Gasteiger partial charge on any atom is 0.334 e. The van der Waals surface area contributed by atoms with Crippen molar-refractivity contribution in [3.63, 3.8) is 0 Å². The molecular formula is C18H32N2O2Si. The van der Waals surface area contributed by atoms with Crippen molar-refractivity contribution in [3.8, 4) is 0 Å². The van der Waals surface area contributed by atoms with Crippen LogP contribution in [0.2, 0.25) is 12.6 Å². The second-order valence-corrected chi connectivity index (χ2v) is 9.62. The molecule has 0 heterocycles. The van der Waals surface area contributed by atoms with Crippen molar-refractivity contribution < 1.29 is 8.85 Å². The van der Waals surface area contributed by atoms with E-state index in [1.165, 1.54) is 5.56 Å². The number of nitrogens with zero attached hydrogens (tertiary/aromatic N) is 1. The first kappa shape index (κ1) is 19.9. The van der Waals surface area contributed by atoms with E-state index in [1.54, 1.807) is 14.2 Å². The van der Waals surface area contributed by atoms with Gasteiger partial charge >= 0.3 is 8.56 Å². The fraction of sp³-hybridized carbons (Fsp3) is 0.556. The van der Waals surface area contributed by atoms with Crippen LogP contribution >= 0.6 is 0 Å². The molecule has 0 aliphatic carbocycles. The summed E-state index contributed by atoms with van der Waals surface area (Å²) in [6.45, 7) is 12.1. The van der Waals surface area contributed by atoms with Crippen molar-refractivity contribution in [2.75, 3.05) is 33.9 Å². The Morgan fingerprint density at radius 3 is 2.39 bits per heavy atom. The van der Waals surface area contributed by atoms with Crippen molar-refractivity contribution >= 4 is 8.56 Å². The van der Waals surface area contributed by atoms with Gasteiger partial charge in [0.2, 0.25) is 0 Å². The Morgan fingerprint density at radius 2 is 1.83 bits per heavy atom. The highest BCUT2D eigenvalue weighted by Gasteiger charge is 2.27. The summed E-state index contributed by atoms with van der Waals surface area (Å²) in [4.78, 5) is 2.31. The summed E-state index contributed by atoms with van der Waals surface area (Å²) >= 11 is 0. The highest BCUT2D eigenvalue weighted by molar-refractivity contribution is 6.65. The van der Waals surface area contributed by atoms with E-state index in [0.29, 0.717) is 0 Å². The van der Waals surface area contributed by atoms with E-state index in [1.807, 2.05) is 6.07 Å². The third-order valence-electron chi connectivity index (χ3n) is 4.16. The Balaban J connectivity index is 2.25. The zero-order chi connectivity index (χ0) is 17.1. The molecule has 5 heteroatoms. The van der Waals surface area contributed by atoms with Gasteiger partial charge in [0.25, 0.3) is 0 Å². The molecule has 0 unspecified atom stereocenters. The van der Waals surface area contributed by atoms with Crippen LogP contribution in [0.4, 0.5) is 0 Å². The summed E-state index contributed by atoms with van der Waals surface area (Å²) in [6, 6.07) is 11.5. The summed E-state index contributed by atoms with van der Waals surface area (Å²) in [5.74, 6) is 0. The number of nitrogens with one attached hydrogen (secondary N) is 1. The minimum Gasteiger partial charge on any atom is -0.398 e. The molecule has 0 bridgehead atoms. The molecule has 0 aliphatic rings. The van der Waals surface area contributed by atoms with Gasteiger partial charge in [-0.3, -0.25) is 0 Å². The summed E-state index contributed by atoms with van der Waals surface area (Å²) in [5.41, 5.74) is 2.42. The fourth-order valence-electron chi connectivity index (χ4n) is 2.37. The molecule has 1 aromatic carbocycles. The highest BCUT2D eigenvalue weighted by Crippen LogP contribution is 2.13. The predicted octanol–water partition coefficient (Wildman–Crippen LogP) is 3.37. The molecule has 1 aromatic rings. The van der Waals surface area contributed by atoms with Crippen molar-refractivity contribution in [1.29, 1.82) is 0 Å². The molecular weight excluding hydrogens is 304 g/mol. The third-order valence-corrected chi connectivity index (χ3v) is 7.15.